The molecule has 13 heavy (non-hydrogen) atoms. The number of hydrogen-bond acceptors (Lipinski definition) is 6. The quantitative estimate of drug-likeness (QED) is 0.255. The Morgan fingerprint density at radius 2 is 1.54 bits per heavy atom. The summed E-state index contributed by atoms with van der Waals surface area (Å²) in [6, 6.07) is 0. The third-order valence-electron chi connectivity index (χ3n) is 1.42. The summed E-state index contributed by atoms with van der Waals surface area (Å²) < 4.78 is 0. The van der Waals surface area contributed by atoms with E-state index in [1.165, 1.54) is 0 Å². The predicted molar refractivity (Wildman–Crippen MR) is 37.2 cm³/mol. The minimum atomic E-state index is -1.79. The first-order chi connectivity index (χ1) is 5.54. The smallest absolute Gasteiger partial charge is 0.151 e. The molecule has 0 aliphatic carbocycles. The Hall–Kier alpha value is 0.0934. The van der Waals surface area contributed by atoms with Crippen molar-refractivity contribution < 1.29 is 49.8 Å². The zero-order chi connectivity index (χ0) is 9.72. The van der Waals surface area contributed by atoms with Crippen LogP contribution in [0.25, 0.3) is 0 Å². The van der Waals surface area contributed by atoms with Crippen molar-refractivity contribution in [2.24, 2.45) is 0 Å². The maximum Gasteiger partial charge on any atom is 0.151 e. The van der Waals surface area contributed by atoms with Gasteiger partial charge in [-0.3, -0.25) is 0 Å². The summed E-state index contributed by atoms with van der Waals surface area (Å²) in [5, 5.41) is 43.5. The molecule has 0 rings (SSSR count). The van der Waals surface area contributed by atoms with Gasteiger partial charge in [-0.05, 0) is 0 Å². The molecule has 0 saturated carbocycles. The average molecular weight is 246 g/mol. The van der Waals surface area contributed by atoms with Gasteiger partial charge in [-0.1, -0.05) is 0 Å². The number of carbonyl (C=O) groups is 1. The summed E-state index contributed by atoms with van der Waals surface area (Å²) in [4.78, 5) is 9.90. The van der Waals surface area contributed by atoms with E-state index in [0.717, 1.165) is 0 Å². The second-order valence-electron chi connectivity index (χ2n) is 2.36. The van der Waals surface area contributed by atoms with Crippen molar-refractivity contribution >= 4 is 6.29 Å². The Morgan fingerprint density at radius 1 is 1.08 bits per heavy atom. The summed E-state index contributed by atoms with van der Waals surface area (Å²) in [6.45, 7) is -0.760. The van der Waals surface area contributed by atoms with E-state index < -0.39 is 31.0 Å². The molecule has 0 amide bonds. The van der Waals surface area contributed by atoms with E-state index in [1.807, 2.05) is 0 Å². The van der Waals surface area contributed by atoms with Crippen LogP contribution in [0.1, 0.15) is 0 Å². The van der Waals surface area contributed by atoms with Gasteiger partial charge in [0.2, 0.25) is 0 Å². The van der Waals surface area contributed by atoms with Crippen molar-refractivity contribution in [2.75, 3.05) is 6.61 Å². The fourth-order valence-electron chi connectivity index (χ4n) is 0.618. The summed E-state index contributed by atoms with van der Waals surface area (Å²) in [5.41, 5.74) is 0. The fourth-order valence-corrected chi connectivity index (χ4v) is 0.618. The normalized spacial score (nSPS) is 19.5. The van der Waals surface area contributed by atoms with E-state index in [0.29, 0.717) is 0 Å². The van der Waals surface area contributed by atoms with Crippen LogP contribution in [0.3, 0.4) is 0 Å². The average Bonchev–Trinajstić information content (AvgIpc) is 2.12. The van der Waals surface area contributed by atoms with Crippen molar-refractivity contribution in [3.05, 3.63) is 0 Å². The molecular weight excluding hydrogens is 233 g/mol. The fraction of sp³-hybridized carbons (Fsp3) is 0.833. The van der Waals surface area contributed by atoms with Crippen LogP contribution in [0.4, 0.5) is 0 Å². The molecule has 7 heteroatoms. The van der Waals surface area contributed by atoms with Gasteiger partial charge in [0.05, 0.1) is 6.61 Å². The Morgan fingerprint density at radius 3 is 1.85 bits per heavy atom. The topological polar surface area (TPSA) is 118 Å². The number of carbonyl (C=O) groups excluding carboxylic acids is 1. The van der Waals surface area contributed by atoms with Gasteiger partial charge in [0, 0.05) is 19.5 Å². The SMILES string of the molecule is O=C[C@H](O)[C@@H](O)[C@H](O)[C@H](O)CO.[Zn]. The summed E-state index contributed by atoms with van der Waals surface area (Å²) >= 11 is 0. The second-order valence-corrected chi connectivity index (χ2v) is 2.36. The maximum atomic E-state index is 9.90. The van der Waals surface area contributed by atoms with Crippen molar-refractivity contribution in [1.29, 1.82) is 0 Å². The molecule has 0 radical (unpaired) electrons. The predicted octanol–water partition coefficient (Wildman–Crippen LogP) is -3.38. The van der Waals surface area contributed by atoms with Crippen LogP contribution in [0.2, 0.25) is 0 Å². The van der Waals surface area contributed by atoms with Gasteiger partial charge >= 0.3 is 0 Å². The second kappa shape index (κ2) is 7.49. The molecule has 0 aromatic heterocycles. The first-order valence-electron chi connectivity index (χ1n) is 3.33. The molecular formula is C6H12O6Zn. The standard InChI is InChI=1S/C6H12O6.Zn/c7-1-3(9)5(11)6(12)4(10)2-8;/h1,3-6,8-12H,2H2;/t3-,4+,5+,6+;/m0./s1. The Labute approximate surface area is 87.6 Å². The molecule has 0 saturated heterocycles. The molecule has 0 aliphatic heterocycles. The molecule has 0 aromatic rings. The van der Waals surface area contributed by atoms with Gasteiger partial charge < -0.3 is 30.3 Å². The van der Waals surface area contributed by atoms with Crippen LogP contribution in [0, 0.1) is 0 Å². The van der Waals surface area contributed by atoms with Crippen molar-refractivity contribution in [3.8, 4) is 0 Å². The summed E-state index contributed by atoms with van der Waals surface area (Å²) in [6.07, 6.45) is -6.84. The van der Waals surface area contributed by atoms with Gasteiger partial charge in [0.25, 0.3) is 0 Å². The third kappa shape index (κ3) is 4.76. The van der Waals surface area contributed by atoms with E-state index >= 15 is 0 Å². The number of aliphatic hydroxyl groups is 5. The van der Waals surface area contributed by atoms with Crippen LogP contribution in [-0.2, 0) is 24.3 Å². The van der Waals surface area contributed by atoms with E-state index in [4.69, 9.17) is 25.5 Å². The molecule has 5 N–H and O–H groups in total. The first-order valence-corrected chi connectivity index (χ1v) is 3.33. The van der Waals surface area contributed by atoms with Crippen LogP contribution in [0.5, 0.6) is 0 Å². The number of aliphatic hydroxyl groups excluding tert-OH is 5. The largest absolute Gasteiger partial charge is 0.394 e. The number of rotatable bonds is 5. The molecule has 0 spiro atoms. The van der Waals surface area contributed by atoms with Crippen LogP contribution in [-0.4, -0.2) is 62.8 Å². The van der Waals surface area contributed by atoms with E-state index in [1.54, 1.807) is 0 Å². The van der Waals surface area contributed by atoms with Gasteiger partial charge in [-0.15, -0.1) is 0 Å². The van der Waals surface area contributed by atoms with Gasteiger partial charge in [-0.25, -0.2) is 0 Å². The first kappa shape index (κ1) is 15.6. The molecule has 0 aromatic carbocycles. The molecule has 0 unspecified atom stereocenters. The van der Waals surface area contributed by atoms with E-state index in [9.17, 15) is 4.79 Å². The van der Waals surface area contributed by atoms with Gasteiger partial charge in [0.15, 0.2) is 6.29 Å². The third-order valence-corrected chi connectivity index (χ3v) is 1.42. The van der Waals surface area contributed by atoms with E-state index in [-0.39, 0.29) is 25.8 Å². The monoisotopic (exact) mass is 244 g/mol. The van der Waals surface area contributed by atoms with Crippen molar-refractivity contribution in [3.63, 3.8) is 0 Å². The zero-order valence-electron chi connectivity index (χ0n) is 6.95. The Balaban J connectivity index is 0. The molecule has 0 heterocycles. The van der Waals surface area contributed by atoms with Crippen LogP contribution in [0.15, 0.2) is 0 Å². The van der Waals surface area contributed by atoms with Gasteiger partial charge in [0.1, 0.15) is 24.4 Å². The van der Waals surface area contributed by atoms with Crippen molar-refractivity contribution in [1.82, 2.24) is 0 Å². The molecule has 4 atom stereocenters. The Bertz CT molecular complexity index is 143. The Kier molecular flexibility index (Phi) is 8.97. The minimum Gasteiger partial charge on any atom is -0.394 e. The van der Waals surface area contributed by atoms with Crippen LogP contribution < -0.4 is 0 Å². The molecule has 0 bridgehead atoms. The summed E-state index contributed by atoms with van der Waals surface area (Å²) in [7, 11) is 0. The number of hydrogen-bond donors (Lipinski definition) is 5. The molecule has 6 nitrogen and oxygen atoms in total. The zero-order valence-corrected chi connectivity index (χ0v) is 9.91. The molecule has 74 valence electrons. The van der Waals surface area contributed by atoms with E-state index in [2.05, 4.69) is 0 Å². The number of aldehydes is 1. The molecule has 0 aliphatic rings. The van der Waals surface area contributed by atoms with Crippen LogP contribution >= 0.6 is 0 Å². The van der Waals surface area contributed by atoms with Crippen molar-refractivity contribution in [2.45, 2.75) is 24.4 Å². The molecule has 0 fully saturated rings. The van der Waals surface area contributed by atoms with Gasteiger partial charge in [-0.2, -0.15) is 0 Å². The summed E-state index contributed by atoms with van der Waals surface area (Å²) in [5.74, 6) is 0. The maximum absolute atomic E-state index is 9.90. The minimum absolute atomic E-state index is 0.